The summed E-state index contributed by atoms with van der Waals surface area (Å²) in [6.07, 6.45) is 3.55. The van der Waals surface area contributed by atoms with Gasteiger partial charge in [-0.1, -0.05) is 13.3 Å². The Bertz CT molecular complexity index is 321. The standard InChI is InChI=1S/C13H23NO3S/c1-4-5-9-18-10(2)11(15)14-8-6-7-13(14,3)12(16)17/h10H,4-9H2,1-3H3,(H,16,17). The number of carbonyl (C=O) groups is 2. The lowest BCUT2D eigenvalue weighted by Crippen LogP contribution is -2.52. The van der Waals surface area contributed by atoms with Gasteiger partial charge in [-0.25, -0.2) is 4.79 Å². The molecule has 1 N–H and O–H groups in total. The highest BCUT2D eigenvalue weighted by Crippen LogP contribution is 2.31. The molecule has 18 heavy (non-hydrogen) atoms. The number of amides is 1. The molecule has 0 aliphatic carbocycles. The number of aliphatic carboxylic acids is 1. The molecule has 1 rings (SSSR count). The van der Waals surface area contributed by atoms with Crippen molar-refractivity contribution >= 4 is 23.6 Å². The van der Waals surface area contributed by atoms with Crippen LogP contribution in [0.5, 0.6) is 0 Å². The molecule has 1 heterocycles. The van der Waals surface area contributed by atoms with Crippen LogP contribution in [0, 0.1) is 0 Å². The second-order valence-corrected chi connectivity index (χ2v) is 6.49. The number of likely N-dealkylation sites (tertiary alicyclic amines) is 1. The van der Waals surface area contributed by atoms with Crippen LogP contribution in [0.2, 0.25) is 0 Å². The number of carbonyl (C=O) groups excluding carboxylic acids is 1. The maximum atomic E-state index is 12.3. The van der Waals surface area contributed by atoms with Gasteiger partial charge in [-0.05, 0) is 38.9 Å². The third kappa shape index (κ3) is 3.19. The fourth-order valence-corrected chi connectivity index (χ4v) is 3.31. The first-order chi connectivity index (χ1) is 8.43. The van der Waals surface area contributed by atoms with Crippen molar-refractivity contribution in [2.75, 3.05) is 12.3 Å². The van der Waals surface area contributed by atoms with Gasteiger partial charge in [0.25, 0.3) is 0 Å². The number of unbranched alkanes of at least 4 members (excludes halogenated alkanes) is 1. The molecular formula is C13H23NO3S. The van der Waals surface area contributed by atoms with E-state index in [-0.39, 0.29) is 11.2 Å². The number of thioether (sulfide) groups is 1. The normalized spacial score (nSPS) is 25.2. The topological polar surface area (TPSA) is 57.6 Å². The minimum atomic E-state index is -1.00. The van der Waals surface area contributed by atoms with Crippen LogP contribution in [0.3, 0.4) is 0 Å². The molecule has 2 unspecified atom stereocenters. The molecule has 2 atom stereocenters. The van der Waals surface area contributed by atoms with Crippen molar-refractivity contribution in [2.45, 2.75) is 57.2 Å². The minimum absolute atomic E-state index is 0.0292. The van der Waals surface area contributed by atoms with Gasteiger partial charge in [0, 0.05) is 6.54 Å². The molecule has 0 radical (unpaired) electrons. The smallest absolute Gasteiger partial charge is 0.329 e. The van der Waals surface area contributed by atoms with E-state index in [1.165, 1.54) is 0 Å². The number of carboxylic acids is 1. The molecule has 104 valence electrons. The van der Waals surface area contributed by atoms with E-state index in [1.54, 1.807) is 23.6 Å². The third-order valence-electron chi connectivity index (χ3n) is 3.58. The summed E-state index contributed by atoms with van der Waals surface area (Å²) in [7, 11) is 0. The van der Waals surface area contributed by atoms with E-state index in [0.29, 0.717) is 13.0 Å². The Balaban J connectivity index is 2.62. The number of rotatable bonds is 6. The minimum Gasteiger partial charge on any atom is -0.480 e. The summed E-state index contributed by atoms with van der Waals surface area (Å²) in [6.45, 7) is 6.22. The zero-order valence-electron chi connectivity index (χ0n) is 11.4. The Hall–Kier alpha value is -0.710. The Morgan fingerprint density at radius 1 is 1.50 bits per heavy atom. The van der Waals surface area contributed by atoms with Crippen LogP contribution in [-0.4, -0.2) is 45.0 Å². The van der Waals surface area contributed by atoms with Crippen molar-refractivity contribution in [2.24, 2.45) is 0 Å². The SMILES string of the molecule is CCCCSC(C)C(=O)N1CCCC1(C)C(=O)O. The third-order valence-corrected chi connectivity index (χ3v) is 4.81. The molecule has 0 aromatic rings. The van der Waals surface area contributed by atoms with Gasteiger partial charge in [-0.2, -0.15) is 0 Å². The summed E-state index contributed by atoms with van der Waals surface area (Å²) in [6, 6.07) is 0. The van der Waals surface area contributed by atoms with Gasteiger partial charge >= 0.3 is 5.97 Å². The molecule has 1 saturated heterocycles. The molecule has 1 aliphatic rings. The monoisotopic (exact) mass is 273 g/mol. The summed E-state index contributed by atoms with van der Waals surface area (Å²) in [4.78, 5) is 25.2. The summed E-state index contributed by atoms with van der Waals surface area (Å²) in [5.74, 6) is 0.0405. The molecule has 0 bridgehead atoms. The van der Waals surface area contributed by atoms with Crippen molar-refractivity contribution < 1.29 is 14.7 Å². The first-order valence-electron chi connectivity index (χ1n) is 6.60. The van der Waals surface area contributed by atoms with Gasteiger partial charge in [-0.3, -0.25) is 4.79 Å². The average molecular weight is 273 g/mol. The summed E-state index contributed by atoms with van der Waals surface area (Å²) in [5, 5.41) is 9.14. The van der Waals surface area contributed by atoms with Gasteiger partial charge in [0.05, 0.1) is 5.25 Å². The van der Waals surface area contributed by atoms with E-state index in [4.69, 9.17) is 0 Å². The summed E-state index contributed by atoms with van der Waals surface area (Å²) in [5.41, 5.74) is -1.00. The highest BCUT2D eigenvalue weighted by Gasteiger charge is 2.46. The lowest BCUT2D eigenvalue weighted by molar-refractivity contribution is -0.155. The van der Waals surface area contributed by atoms with Crippen LogP contribution in [-0.2, 0) is 9.59 Å². The highest BCUT2D eigenvalue weighted by molar-refractivity contribution is 8.00. The molecule has 4 nitrogen and oxygen atoms in total. The zero-order chi connectivity index (χ0) is 13.8. The number of hydrogen-bond acceptors (Lipinski definition) is 3. The lowest BCUT2D eigenvalue weighted by atomic mass is 9.99. The van der Waals surface area contributed by atoms with Crippen LogP contribution in [0.4, 0.5) is 0 Å². The maximum absolute atomic E-state index is 12.3. The van der Waals surface area contributed by atoms with Gasteiger partial charge in [-0.15, -0.1) is 11.8 Å². The van der Waals surface area contributed by atoms with Crippen molar-refractivity contribution in [3.05, 3.63) is 0 Å². The van der Waals surface area contributed by atoms with Crippen LogP contribution in [0.1, 0.15) is 46.5 Å². The van der Waals surface area contributed by atoms with E-state index in [0.717, 1.165) is 25.0 Å². The number of nitrogens with zero attached hydrogens (tertiary/aromatic N) is 1. The number of hydrogen-bond donors (Lipinski definition) is 1. The Morgan fingerprint density at radius 2 is 2.17 bits per heavy atom. The highest BCUT2D eigenvalue weighted by atomic mass is 32.2. The first kappa shape index (κ1) is 15.3. The van der Waals surface area contributed by atoms with Gasteiger partial charge in [0.1, 0.15) is 5.54 Å². The van der Waals surface area contributed by atoms with Crippen molar-refractivity contribution in [1.29, 1.82) is 0 Å². The lowest BCUT2D eigenvalue weighted by Gasteiger charge is -2.33. The molecule has 1 aliphatic heterocycles. The van der Waals surface area contributed by atoms with Crippen molar-refractivity contribution in [3.8, 4) is 0 Å². The van der Waals surface area contributed by atoms with E-state index in [2.05, 4.69) is 6.92 Å². The van der Waals surface area contributed by atoms with Crippen molar-refractivity contribution in [1.82, 2.24) is 4.90 Å². The molecule has 1 amide bonds. The average Bonchev–Trinajstić information content (AvgIpc) is 2.72. The quantitative estimate of drug-likeness (QED) is 0.755. The Morgan fingerprint density at radius 3 is 2.72 bits per heavy atom. The second-order valence-electron chi connectivity index (χ2n) is 5.04. The second kappa shape index (κ2) is 6.45. The molecule has 0 aromatic heterocycles. The Kier molecular flexibility index (Phi) is 5.50. The predicted molar refractivity (Wildman–Crippen MR) is 73.8 cm³/mol. The molecule has 0 aromatic carbocycles. The van der Waals surface area contributed by atoms with Gasteiger partial charge in [0.15, 0.2) is 0 Å². The zero-order valence-corrected chi connectivity index (χ0v) is 12.3. The van der Waals surface area contributed by atoms with E-state index in [1.807, 2.05) is 6.92 Å². The van der Waals surface area contributed by atoms with Crippen LogP contribution >= 0.6 is 11.8 Å². The van der Waals surface area contributed by atoms with Crippen LogP contribution in [0.15, 0.2) is 0 Å². The fourth-order valence-electron chi connectivity index (χ4n) is 2.23. The maximum Gasteiger partial charge on any atom is 0.329 e. The fraction of sp³-hybridized carbons (Fsp3) is 0.846. The van der Waals surface area contributed by atoms with Crippen molar-refractivity contribution in [3.63, 3.8) is 0 Å². The van der Waals surface area contributed by atoms with Gasteiger partial charge < -0.3 is 10.0 Å². The molecule has 1 fully saturated rings. The van der Waals surface area contributed by atoms with Crippen LogP contribution in [0.25, 0.3) is 0 Å². The van der Waals surface area contributed by atoms with E-state index in [9.17, 15) is 14.7 Å². The predicted octanol–water partition coefficient (Wildman–Crippen LogP) is 2.37. The molecule has 0 spiro atoms. The van der Waals surface area contributed by atoms with E-state index >= 15 is 0 Å². The number of carboxylic acid groups (broad SMARTS) is 1. The Labute approximate surface area is 113 Å². The van der Waals surface area contributed by atoms with E-state index < -0.39 is 11.5 Å². The molecule has 0 saturated carbocycles. The molecular weight excluding hydrogens is 250 g/mol. The summed E-state index contributed by atoms with van der Waals surface area (Å²) < 4.78 is 0. The molecule has 5 heteroatoms. The van der Waals surface area contributed by atoms with Crippen LogP contribution < -0.4 is 0 Å². The summed E-state index contributed by atoms with van der Waals surface area (Å²) >= 11 is 1.62. The largest absolute Gasteiger partial charge is 0.480 e. The van der Waals surface area contributed by atoms with Gasteiger partial charge in [0.2, 0.25) is 5.91 Å². The first-order valence-corrected chi connectivity index (χ1v) is 7.65.